The first kappa shape index (κ1) is 14.2. The maximum absolute atomic E-state index is 5.75. The van der Waals surface area contributed by atoms with Crippen LogP contribution in [0.2, 0.25) is 0 Å². The zero-order valence-corrected chi connectivity index (χ0v) is 12.8. The van der Waals surface area contributed by atoms with Crippen molar-refractivity contribution in [3.63, 3.8) is 0 Å². The molecule has 3 nitrogen and oxygen atoms in total. The second-order valence-corrected chi connectivity index (χ2v) is 5.72. The van der Waals surface area contributed by atoms with Gasteiger partial charge in [-0.05, 0) is 49.7 Å². The average Bonchev–Trinajstić information content (AvgIpc) is 3.17. The van der Waals surface area contributed by atoms with Crippen LogP contribution in [0, 0.1) is 0 Å². The Balaban J connectivity index is 1.64. The van der Waals surface area contributed by atoms with Crippen LogP contribution in [-0.2, 0) is 19.5 Å². The molecule has 3 heteroatoms. The third kappa shape index (κ3) is 3.67. The molecule has 1 aromatic heterocycles. The maximum atomic E-state index is 5.75. The lowest BCUT2D eigenvalue weighted by molar-refractivity contribution is 0.332. The summed E-state index contributed by atoms with van der Waals surface area (Å²) in [5.74, 6) is 2.06. The fraction of sp³-hybridized carbons (Fsp3) is 0.444. The van der Waals surface area contributed by atoms with E-state index in [-0.39, 0.29) is 0 Å². The summed E-state index contributed by atoms with van der Waals surface area (Å²) in [4.78, 5) is 2.53. The Kier molecular flexibility index (Phi) is 4.61. The molecule has 2 heterocycles. The number of hydrogen-bond acceptors (Lipinski definition) is 3. The summed E-state index contributed by atoms with van der Waals surface area (Å²) in [5.41, 5.74) is 2.60. The summed E-state index contributed by atoms with van der Waals surface area (Å²) >= 11 is 0. The number of likely N-dealkylation sites (tertiary alicyclic amines) is 1. The van der Waals surface area contributed by atoms with Crippen molar-refractivity contribution in [2.24, 2.45) is 0 Å². The minimum Gasteiger partial charge on any atom is -0.464 e. The molecular weight excluding hydrogens is 260 g/mol. The minimum atomic E-state index is 0.747. The van der Waals surface area contributed by atoms with Crippen molar-refractivity contribution in [3.8, 4) is 0 Å². The van der Waals surface area contributed by atoms with Gasteiger partial charge in [-0.1, -0.05) is 25.1 Å². The Hall–Kier alpha value is -1.74. The highest BCUT2D eigenvalue weighted by Crippen LogP contribution is 2.21. The first-order valence-corrected chi connectivity index (χ1v) is 7.97. The Morgan fingerprint density at radius 2 is 1.81 bits per heavy atom. The Labute approximate surface area is 127 Å². The molecule has 0 spiro atoms. The number of nitrogens with zero attached hydrogens (tertiary/aromatic N) is 1. The molecule has 112 valence electrons. The van der Waals surface area contributed by atoms with Gasteiger partial charge < -0.3 is 9.73 Å². The maximum Gasteiger partial charge on any atom is 0.123 e. The van der Waals surface area contributed by atoms with Crippen LogP contribution < -0.4 is 5.32 Å². The van der Waals surface area contributed by atoms with Gasteiger partial charge >= 0.3 is 0 Å². The van der Waals surface area contributed by atoms with E-state index in [0.717, 1.165) is 31.0 Å². The number of anilines is 1. The van der Waals surface area contributed by atoms with Gasteiger partial charge in [-0.3, -0.25) is 4.90 Å². The van der Waals surface area contributed by atoms with Gasteiger partial charge in [0.1, 0.15) is 11.5 Å². The third-order valence-corrected chi connectivity index (χ3v) is 4.13. The van der Waals surface area contributed by atoms with Gasteiger partial charge in [0, 0.05) is 18.7 Å². The van der Waals surface area contributed by atoms with Crippen molar-refractivity contribution in [3.05, 3.63) is 53.5 Å². The van der Waals surface area contributed by atoms with Crippen LogP contribution >= 0.6 is 0 Å². The molecule has 2 aromatic rings. The molecule has 1 aliphatic heterocycles. The monoisotopic (exact) mass is 284 g/mol. The number of hydrogen-bond donors (Lipinski definition) is 1. The lowest BCUT2D eigenvalue weighted by Gasteiger charge is -2.18. The second-order valence-electron chi connectivity index (χ2n) is 5.72. The fourth-order valence-electron chi connectivity index (χ4n) is 2.90. The van der Waals surface area contributed by atoms with E-state index < -0.39 is 0 Å². The largest absolute Gasteiger partial charge is 0.464 e. The van der Waals surface area contributed by atoms with E-state index in [4.69, 9.17) is 4.42 Å². The van der Waals surface area contributed by atoms with Crippen LogP contribution in [0.3, 0.4) is 0 Å². The van der Waals surface area contributed by atoms with Crippen LogP contribution in [0.5, 0.6) is 0 Å². The van der Waals surface area contributed by atoms with Crippen molar-refractivity contribution in [1.82, 2.24) is 4.90 Å². The molecule has 1 N–H and O–H groups in total. The number of rotatable bonds is 6. The van der Waals surface area contributed by atoms with E-state index in [9.17, 15) is 0 Å². The molecule has 0 bridgehead atoms. The molecule has 0 aliphatic carbocycles. The Morgan fingerprint density at radius 3 is 2.57 bits per heavy atom. The summed E-state index contributed by atoms with van der Waals surface area (Å²) in [6.07, 6.45) is 3.62. The predicted molar refractivity (Wildman–Crippen MR) is 86.4 cm³/mol. The Morgan fingerprint density at radius 1 is 1.05 bits per heavy atom. The van der Waals surface area contributed by atoms with Crippen molar-refractivity contribution in [1.29, 1.82) is 0 Å². The van der Waals surface area contributed by atoms with Crippen LogP contribution in [0.25, 0.3) is 0 Å². The molecule has 21 heavy (non-hydrogen) atoms. The van der Waals surface area contributed by atoms with Crippen LogP contribution in [0.1, 0.15) is 36.8 Å². The molecule has 0 saturated carbocycles. The SMILES string of the molecule is CCc1ccc(CNc2ccccc2CN2CCCC2)o1. The normalized spacial score (nSPS) is 15.5. The number of aryl methyl sites for hydroxylation is 1. The van der Waals surface area contributed by atoms with Crippen molar-refractivity contribution in [2.75, 3.05) is 18.4 Å². The zero-order chi connectivity index (χ0) is 14.5. The molecule has 0 radical (unpaired) electrons. The summed E-state index contributed by atoms with van der Waals surface area (Å²) < 4.78 is 5.75. The molecule has 0 atom stereocenters. The third-order valence-electron chi connectivity index (χ3n) is 4.13. The van der Waals surface area contributed by atoms with Gasteiger partial charge in [-0.25, -0.2) is 0 Å². The van der Waals surface area contributed by atoms with E-state index in [0.29, 0.717) is 0 Å². The molecule has 3 rings (SSSR count). The second kappa shape index (κ2) is 6.81. The highest BCUT2D eigenvalue weighted by atomic mass is 16.3. The predicted octanol–water partition coefficient (Wildman–Crippen LogP) is 4.05. The molecule has 1 aliphatic rings. The van der Waals surface area contributed by atoms with Gasteiger partial charge in [-0.15, -0.1) is 0 Å². The lowest BCUT2D eigenvalue weighted by Crippen LogP contribution is -2.19. The van der Waals surface area contributed by atoms with Gasteiger partial charge in [0.25, 0.3) is 0 Å². The molecular formula is C18H24N2O. The molecule has 1 aromatic carbocycles. The highest BCUT2D eigenvalue weighted by Gasteiger charge is 2.13. The summed E-state index contributed by atoms with van der Waals surface area (Å²) in [6, 6.07) is 12.7. The number of para-hydroxylation sites is 1. The highest BCUT2D eigenvalue weighted by molar-refractivity contribution is 5.51. The summed E-state index contributed by atoms with van der Waals surface area (Å²) in [5, 5.41) is 3.52. The van der Waals surface area contributed by atoms with Crippen LogP contribution in [-0.4, -0.2) is 18.0 Å². The van der Waals surface area contributed by atoms with Crippen LogP contribution in [0.4, 0.5) is 5.69 Å². The van der Waals surface area contributed by atoms with Crippen molar-refractivity contribution in [2.45, 2.75) is 39.3 Å². The van der Waals surface area contributed by atoms with E-state index in [1.165, 1.54) is 37.2 Å². The number of benzene rings is 1. The minimum absolute atomic E-state index is 0.747. The standard InChI is InChI=1S/C18H24N2O/c1-2-16-9-10-17(21-16)13-19-18-8-4-3-7-15(18)14-20-11-5-6-12-20/h3-4,7-10,19H,2,5-6,11-14H2,1H3. The smallest absolute Gasteiger partial charge is 0.123 e. The molecule has 0 amide bonds. The fourth-order valence-corrected chi connectivity index (χ4v) is 2.90. The van der Waals surface area contributed by atoms with E-state index in [1.54, 1.807) is 0 Å². The first-order valence-electron chi connectivity index (χ1n) is 7.97. The van der Waals surface area contributed by atoms with Gasteiger partial charge in [0.2, 0.25) is 0 Å². The lowest BCUT2D eigenvalue weighted by atomic mass is 10.1. The van der Waals surface area contributed by atoms with Gasteiger partial charge in [0.05, 0.1) is 6.54 Å². The van der Waals surface area contributed by atoms with E-state index >= 15 is 0 Å². The quantitative estimate of drug-likeness (QED) is 0.867. The first-order chi connectivity index (χ1) is 10.3. The zero-order valence-electron chi connectivity index (χ0n) is 12.8. The molecule has 1 saturated heterocycles. The molecule has 1 fully saturated rings. The van der Waals surface area contributed by atoms with Gasteiger partial charge in [-0.2, -0.15) is 0 Å². The van der Waals surface area contributed by atoms with Crippen LogP contribution in [0.15, 0.2) is 40.8 Å². The topological polar surface area (TPSA) is 28.4 Å². The summed E-state index contributed by atoms with van der Waals surface area (Å²) in [6.45, 7) is 6.36. The van der Waals surface area contributed by atoms with Crippen molar-refractivity contribution < 1.29 is 4.42 Å². The molecule has 0 unspecified atom stereocenters. The number of nitrogens with one attached hydrogen (secondary N) is 1. The van der Waals surface area contributed by atoms with E-state index in [2.05, 4.69) is 53.5 Å². The Bertz CT molecular complexity index is 570. The number of furan rings is 1. The van der Waals surface area contributed by atoms with Gasteiger partial charge in [0.15, 0.2) is 0 Å². The summed E-state index contributed by atoms with van der Waals surface area (Å²) in [7, 11) is 0. The average molecular weight is 284 g/mol. The van der Waals surface area contributed by atoms with E-state index in [1.807, 2.05) is 0 Å². The van der Waals surface area contributed by atoms with Crippen molar-refractivity contribution >= 4 is 5.69 Å².